The van der Waals surface area contributed by atoms with Crippen molar-refractivity contribution in [2.24, 2.45) is 0 Å². The zero-order valence-electron chi connectivity index (χ0n) is 12.5. The molecule has 0 atom stereocenters. The van der Waals surface area contributed by atoms with Gasteiger partial charge in [0, 0.05) is 0 Å². The van der Waals surface area contributed by atoms with Crippen molar-refractivity contribution in [3.8, 4) is 0 Å². The molecule has 0 N–H and O–H groups in total. The van der Waals surface area contributed by atoms with Crippen LogP contribution in [0.3, 0.4) is 0 Å². The third-order valence-electron chi connectivity index (χ3n) is 3.21. The maximum Gasteiger partial charge on any atom is 0.355 e. The van der Waals surface area contributed by atoms with Crippen LogP contribution in [0.25, 0.3) is 0 Å². The zero-order chi connectivity index (χ0) is 18.0. The Bertz CT molecular complexity index is 738. The minimum atomic E-state index is -1.17. The van der Waals surface area contributed by atoms with E-state index in [-0.39, 0.29) is 30.3 Å². The molecule has 0 saturated heterocycles. The predicted molar refractivity (Wildman–Crippen MR) is 80.7 cm³/mol. The smallest absolute Gasteiger partial charge is 0.355 e. The van der Waals surface area contributed by atoms with E-state index in [2.05, 4.69) is 9.47 Å². The van der Waals surface area contributed by atoms with Crippen molar-refractivity contribution in [3.63, 3.8) is 0 Å². The van der Waals surface area contributed by atoms with Gasteiger partial charge >= 0.3 is 11.9 Å². The minimum Gasteiger partial charge on any atom is -0.466 e. The molecule has 10 heteroatoms. The first-order valence-electron chi connectivity index (χ1n) is 6.41. The Balaban J connectivity index is 2.68. The first-order valence-corrected chi connectivity index (χ1v) is 7.17. The molecule has 0 saturated carbocycles. The lowest BCUT2D eigenvalue weighted by Gasteiger charge is -2.31. The molecule has 130 valence electrons. The van der Waals surface area contributed by atoms with Crippen LogP contribution in [-0.4, -0.2) is 39.5 Å². The second-order valence-corrected chi connectivity index (χ2v) is 5.32. The minimum absolute atomic E-state index is 0.188. The van der Waals surface area contributed by atoms with Crippen LogP contribution in [0.2, 0.25) is 10.0 Å². The summed E-state index contributed by atoms with van der Waals surface area (Å²) in [5, 5.41) is -1.32. The summed E-state index contributed by atoms with van der Waals surface area (Å²) < 4.78 is 42.3. The van der Waals surface area contributed by atoms with E-state index >= 15 is 0 Å². The van der Waals surface area contributed by atoms with Crippen molar-refractivity contribution in [1.29, 1.82) is 0 Å². The summed E-state index contributed by atoms with van der Waals surface area (Å²) in [4.78, 5) is 24.9. The number of ether oxygens (including phenoxy) is 3. The van der Waals surface area contributed by atoms with E-state index in [1.165, 1.54) is 0 Å². The first kappa shape index (κ1) is 18.4. The number of hydrogen-bond acceptors (Lipinski definition) is 6. The third kappa shape index (κ3) is 3.17. The lowest BCUT2D eigenvalue weighted by atomic mass is 10.1. The third-order valence-corrected chi connectivity index (χ3v) is 3.81. The number of rotatable bonds is 3. The summed E-state index contributed by atoms with van der Waals surface area (Å²) >= 11 is 11.2. The summed E-state index contributed by atoms with van der Waals surface area (Å²) in [6.07, 6.45) is 0. The van der Waals surface area contributed by atoms with Crippen LogP contribution in [0, 0.1) is 11.6 Å². The molecule has 1 aliphatic heterocycles. The van der Waals surface area contributed by atoms with Crippen LogP contribution in [0.15, 0.2) is 17.3 Å². The van der Waals surface area contributed by atoms with E-state index in [0.717, 1.165) is 25.2 Å². The number of carbonyl (C=O) groups excluding carboxylic acids is 2. The Morgan fingerprint density at radius 1 is 1.17 bits per heavy atom. The number of methoxy groups -OCH3 is 2. The van der Waals surface area contributed by atoms with Gasteiger partial charge in [-0.05, 0) is 6.07 Å². The molecule has 0 unspecified atom stereocenters. The highest BCUT2D eigenvalue weighted by atomic mass is 35.5. The van der Waals surface area contributed by atoms with Gasteiger partial charge in [0.15, 0.2) is 11.6 Å². The lowest BCUT2D eigenvalue weighted by molar-refractivity contribution is -0.140. The van der Waals surface area contributed by atoms with Gasteiger partial charge in [0.1, 0.15) is 17.5 Å². The van der Waals surface area contributed by atoms with E-state index in [1.54, 1.807) is 0 Å². The summed E-state index contributed by atoms with van der Waals surface area (Å²) in [5.74, 6) is -4.11. The summed E-state index contributed by atoms with van der Waals surface area (Å²) in [6.45, 7) is -0.571. The van der Waals surface area contributed by atoms with E-state index in [1.807, 2.05) is 0 Å². The van der Waals surface area contributed by atoms with E-state index < -0.39 is 33.6 Å². The highest BCUT2D eigenvalue weighted by Crippen LogP contribution is 2.36. The highest BCUT2D eigenvalue weighted by Gasteiger charge is 2.34. The SMILES string of the molecule is COC(=O)C1=C(C(=O)OC)N(c2cc(Cl)c(F)c(Cl)c2F)COC1. The molecular weight excluding hydrogens is 371 g/mol. The van der Waals surface area contributed by atoms with Gasteiger partial charge in [0.25, 0.3) is 0 Å². The molecule has 6 nitrogen and oxygen atoms in total. The quantitative estimate of drug-likeness (QED) is 0.455. The first-order chi connectivity index (χ1) is 11.3. The van der Waals surface area contributed by atoms with Gasteiger partial charge in [-0.15, -0.1) is 0 Å². The van der Waals surface area contributed by atoms with Crippen molar-refractivity contribution in [3.05, 3.63) is 39.0 Å². The van der Waals surface area contributed by atoms with Gasteiger partial charge in [0.05, 0.1) is 37.1 Å². The van der Waals surface area contributed by atoms with Gasteiger partial charge in [-0.25, -0.2) is 18.4 Å². The van der Waals surface area contributed by atoms with Crippen molar-refractivity contribution in [1.82, 2.24) is 0 Å². The molecule has 0 aliphatic carbocycles. The Morgan fingerprint density at radius 2 is 1.79 bits per heavy atom. The predicted octanol–water partition coefficient (Wildman–Crippen LogP) is 2.67. The number of carbonyl (C=O) groups is 2. The molecule has 1 aromatic rings. The maximum absolute atomic E-state index is 14.4. The molecule has 2 rings (SSSR count). The Kier molecular flexibility index (Phi) is 5.63. The normalized spacial score (nSPS) is 14.7. The number of hydrogen-bond donors (Lipinski definition) is 0. The molecule has 1 aliphatic rings. The van der Waals surface area contributed by atoms with Gasteiger partial charge in [-0.2, -0.15) is 0 Å². The monoisotopic (exact) mass is 381 g/mol. The molecule has 0 radical (unpaired) electrons. The topological polar surface area (TPSA) is 65.1 Å². The largest absolute Gasteiger partial charge is 0.466 e. The van der Waals surface area contributed by atoms with E-state index in [4.69, 9.17) is 27.9 Å². The summed E-state index contributed by atoms with van der Waals surface area (Å²) in [7, 11) is 2.19. The molecule has 24 heavy (non-hydrogen) atoms. The molecule has 0 fully saturated rings. The van der Waals surface area contributed by atoms with Crippen LogP contribution in [-0.2, 0) is 23.8 Å². The highest BCUT2D eigenvalue weighted by molar-refractivity contribution is 6.35. The molecule has 0 amide bonds. The van der Waals surface area contributed by atoms with E-state index in [0.29, 0.717) is 0 Å². The van der Waals surface area contributed by atoms with Gasteiger partial charge in [0.2, 0.25) is 0 Å². The van der Waals surface area contributed by atoms with Crippen LogP contribution >= 0.6 is 23.2 Å². The van der Waals surface area contributed by atoms with Crippen molar-refractivity contribution in [2.75, 3.05) is 32.5 Å². The molecule has 0 spiro atoms. The van der Waals surface area contributed by atoms with Gasteiger partial charge < -0.3 is 19.1 Å². The Hall–Kier alpha value is -1.90. The number of esters is 2. The van der Waals surface area contributed by atoms with Gasteiger partial charge in [-0.3, -0.25) is 0 Å². The van der Waals surface area contributed by atoms with Crippen LogP contribution in [0.5, 0.6) is 0 Å². The molecule has 1 aromatic carbocycles. The molecule has 1 heterocycles. The lowest BCUT2D eigenvalue weighted by Crippen LogP contribution is -2.39. The fourth-order valence-corrected chi connectivity index (χ4v) is 2.54. The number of halogens is 4. The fraction of sp³-hybridized carbons (Fsp3) is 0.286. The number of anilines is 1. The fourth-order valence-electron chi connectivity index (χ4n) is 2.09. The summed E-state index contributed by atoms with van der Waals surface area (Å²) in [6, 6.07) is 0.921. The van der Waals surface area contributed by atoms with Crippen molar-refractivity contribution >= 4 is 40.8 Å². The number of benzene rings is 1. The van der Waals surface area contributed by atoms with Crippen LogP contribution < -0.4 is 4.90 Å². The number of nitrogens with zero attached hydrogens (tertiary/aromatic N) is 1. The second-order valence-electron chi connectivity index (χ2n) is 4.54. The van der Waals surface area contributed by atoms with Crippen molar-refractivity contribution < 1.29 is 32.6 Å². The Morgan fingerprint density at radius 3 is 2.38 bits per heavy atom. The zero-order valence-corrected chi connectivity index (χ0v) is 14.0. The standard InChI is InChI=1S/C14H11Cl2F2NO5/c1-22-13(20)6-4-24-5-19(12(6)14(21)23-2)8-3-7(15)10(17)9(16)11(8)18/h3H,4-5H2,1-2H3. The molecule has 0 bridgehead atoms. The van der Waals surface area contributed by atoms with Gasteiger partial charge in [-0.1, -0.05) is 23.2 Å². The average Bonchev–Trinajstić information content (AvgIpc) is 2.60. The summed E-state index contributed by atoms with van der Waals surface area (Å²) in [5.41, 5.74) is -0.854. The van der Waals surface area contributed by atoms with Crippen LogP contribution in [0.1, 0.15) is 0 Å². The molecular formula is C14H11Cl2F2NO5. The average molecular weight is 382 g/mol. The Labute approximate surface area is 145 Å². The molecule has 0 aromatic heterocycles. The van der Waals surface area contributed by atoms with Crippen LogP contribution in [0.4, 0.5) is 14.5 Å². The second kappa shape index (κ2) is 7.33. The maximum atomic E-state index is 14.4. The van der Waals surface area contributed by atoms with Crippen molar-refractivity contribution in [2.45, 2.75) is 0 Å². The van der Waals surface area contributed by atoms with E-state index in [9.17, 15) is 18.4 Å².